The number of rotatable bonds is 10. The predicted octanol–water partition coefficient (Wildman–Crippen LogP) is 2.72. The maximum atomic E-state index is 13.7. The van der Waals surface area contributed by atoms with Crippen molar-refractivity contribution < 1.29 is 29.0 Å². The number of β-amino-alcohol motifs (C(OH)–C–C–N with tert-alkyl or cyclic N) is 1. The number of likely N-dealkylation sites (N-methyl/N-ethyl adjacent to an activating group) is 1. The molecule has 0 saturated carbocycles. The van der Waals surface area contributed by atoms with Gasteiger partial charge in [-0.05, 0) is 65.2 Å². The van der Waals surface area contributed by atoms with Gasteiger partial charge in [0.25, 0.3) is 11.8 Å². The molecule has 218 valence electrons. The van der Waals surface area contributed by atoms with Crippen LogP contribution in [0.1, 0.15) is 71.7 Å². The van der Waals surface area contributed by atoms with E-state index in [-0.39, 0.29) is 54.7 Å². The highest BCUT2D eigenvalue weighted by atomic mass is 79.9. The highest BCUT2D eigenvalue weighted by Gasteiger charge is 2.43. The summed E-state index contributed by atoms with van der Waals surface area (Å²) >= 11 is 3.37. The van der Waals surface area contributed by atoms with Crippen LogP contribution in [0.5, 0.6) is 5.75 Å². The minimum Gasteiger partial charge on any atom is -0.483 e. The second-order valence-corrected chi connectivity index (χ2v) is 12.7. The maximum Gasteiger partial charge on any atom is 0.258 e. The Balaban J connectivity index is 2.28. The zero-order chi connectivity index (χ0) is 29.7. The predicted molar refractivity (Wildman–Crippen MR) is 152 cm³/mol. The normalized spacial score (nSPS) is 18.2. The first-order valence-electron chi connectivity index (χ1n) is 13.3. The van der Waals surface area contributed by atoms with E-state index in [9.17, 15) is 24.3 Å². The van der Waals surface area contributed by atoms with Gasteiger partial charge in [0.2, 0.25) is 11.8 Å². The molecule has 1 aromatic carbocycles. The van der Waals surface area contributed by atoms with E-state index in [4.69, 9.17) is 4.74 Å². The van der Waals surface area contributed by atoms with Crippen LogP contribution in [0, 0.1) is 5.92 Å². The summed E-state index contributed by atoms with van der Waals surface area (Å²) in [5, 5.41) is 16.0. The highest BCUT2D eigenvalue weighted by molar-refractivity contribution is 9.10. The number of halogens is 1. The lowest BCUT2D eigenvalue weighted by atomic mass is 10.0. The van der Waals surface area contributed by atoms with Crippen LogP contribution in [0.15, 0.2) is 22.7 Å². The van der Waals surface area contributed by atoms with Gasteiger partial charge in [0.1, 0.15) is 17.8 Å². The van der Waals surface area contributed by atoms with Crippen molar-refractivity contribution >= 4 is 39.6 Å². The number of hydrogen-bond acceptors (Lipinski definition) is 6. The lowest BCUT2D eigenvalue weighted by Gasteiger charge is -2.32. The molecule has 39 heavy (non-hydrogen) atoms. The van der Waals surface area contributed by atoms with Crippen molar-refractivity contribution in [3.8, 4) is 5.75 Å². The largest absolute Gasteiger partial charge is 0.483 e. The van der Waals surface area contributed by atoms with Gasteiger partial charge < -0.3 is 30.3 Å². The standard InChI is InChI=1S/C28H43BrN4O6/c1-16(2)11-21(26(37)33-14-19(34)13-22(33)27(38)32(8)17(3)4)30-25(36)20-12-18(29)9-10-23(20)39-15-24(35)31-28(5,6)7/h9-10,12,16-17,19,21-22,34H,11,13-15H2,1-8H3,(H,30,36)(H,31,35)/t19-,21+,22+/m0/s1. The quantitative estimate of drug-likeness (QED) is 0.374. The smallest absolute Gasteiger partial charge is 0.258 e. The van der Waals surface area contributed by atoms with E-state index in [1.807, 2.05) is 48.5 Å². The molecule has 0 bridgehead atoms. The number of carbonyl (C=O) groups excluding carboxylic acids is 4. The minimum absolute atomic E-state index is 0.0137. The summed E-state index contributed by atoms with van der Waals surface area (Å²) in [5.74, 6) is -1.31. The maximum absolute atomic E-state index is 13.7. The van der Waals surface area contributed by atoms with E-state index in [2.05, 4.69) is 26.6 Å². The molecule has 0 unspecified atom stereocenters. The number of nitrogens with one attached hydrogen (secondary N) is 2. The fourth-order valence-electron chi connectivity index (χ4n) is 4.31. The molecule has 1 fully saturated rings. The molecule has 1 aliphatic rings. The monoisotopic (exact) mass is 610 g/mol. The average Bonchev–Trinajstić information content (AvgIpc) is 3.21. The van der Waals surface area contributed by atoms with Crippen molar-refractivity contribution in [3.05, 3.63) is 28.2 Å². The summed E-state index contributed by atoms with van der Waals surface area (Å²) in [6, 6.07) is 3.02. The average molecular weight is 612 g/mol. The molecule has 3 N–H and O–H groups in total. The Kier molecular flexibility index (Phi) is 11.4. The first-order valence-corrected chi connectivity index (χ1v) is 14.1. The topological polar surface area (TPSA) is 128 Å². The number of ether oxygens (including phenoxy) is 1. The molecule has 1 heterocycles. The van der Waals surface area contributed by atoms with Crippen LogP contribution in [0.2, 0.25) is 0 Å². The van der Waals surface area contributed by atoms with E-state index >= 15 is 0 Å². The van der Waals surface area contributed by atoms with Crippen LogP contribution >= 0.6 is 15.9 Å². The number of aliphatic hydroxyl groups is 1. The summed E-state index contributed by atoms with van der Waals surface area (Å²) in [7, 11) is 1.67. The van der Waals surface area contributed by atoms with E-state index in [1.54, 1.807) is 30.1 Å². The zero-order valence-electron chi connectivity index (χ0n) is 24.2. The van der Waals surface area contributed by atoms with Crippen molar-refractivity contribution in [2.24, 2.45) is 5.92 Å². The molecule has 1 aliphatic heterocycles. The van der Waals surface area contributed by atoms with Crippen molar-refractivity contribution in [2.45, 2.75) is 91.1 Å². The fraction of sp³-hybridized carbons (Fsp3) is 0.643. The van der Waals surface area contributed by atoms with Crippen molar-refractivity contribution in [1.29, 1.82) is 0 Å². The van der Waals surface area contributed by atoms with Crippen LogP contribution in [-0.2, 0) is 14.4 Å². The van der Waals surface area contributed by atoms with Crippen LogP contribution in [-0.4, -0.2) is 88.5 Å². The van der Waals surface area contributed by atoms with E-state index in [0.29, 0.717) is 10.9 Å². The molecule has 3 atom stereocenters. The van der Waals surface area contributed by atoms with Gasteiger partial charge in [-0.3, -0.25) is 19.2 Å². The molecule has 2 rings (SSSR count). The number of nitrogens with zero attached hydrogens (tertiary/aromatic N) is 2. The van der Waals surface area contributed by atoms with Gasteiger partial charge in [0.15, 0.2) is 6.61 Å². The third-order valence-corrected chi connectivity index (χ3v) is 6.83. The first-order chi connectivity index (χ1) is 18.0. The van der Waals surface area contributed by atoms with Crippen LogP contribution in [0.4, 0.5) is 0 Å². The Bertz CT molecular complexity index is 1050. The van der Waals surface area contributed by atoms with E-state index in [1.165, 1.54) is 4.90 Å². The Morgan fingerprint density at radius 3 is 2.38 bits per heavy atom. The minimum atomic E-state index is -0.932. The van der Waals surface area contributed by atoms with Gasteiger partial charge >= 0.3 is 0 Å². The molecule has 1 aromatic rings. The van der Waals surface area contributed by atoms with Gasteiger partial charge in [-0.2, -0.15) is 0 Å². The van der Waals surface area contributed by atoms with Gasteiger partial charge in [-0.25, -0.2) is 0 Å². The summed E-state index contributed by atoms with van der Waals surface area (Å²) in [5.41, 5.74) is -0.278. The third-order valence-electron chi connectivity index (χ3n) is 6.34. The molecule has 0 aliphatic carbocycles. The van der Waals surface area contributed by atoms with Crippen molar-refractivity contribution in [2.75, 3.05) is 20.2 Å². The van der Waals surface area contributed by atoms with Crippen LogP contribution in [0.3, 0.4) is 0 Å². The van der Waals surface area contributed by atoms with Gasteiger partial charge in [0, 0.05) is 36.1 Å². The molecule has 11 heteroatoms. The molecule has 4 amide bonds. The first kappa shape index (κ1) is 32.6. The SMILES string of the molecule is CC(C)C[C@@H](NC(=O)c1cc(Br)ccc1OCC(=O)NC(C)(C)C)C(=O)N1C[C@@H](O)C[C@@H]1C(=O)N(C)C(C)C. The highest BCUT2D eigenvalue weighted by Crippen LogP contribution is 2.26. The van der Waals surface area contributed by atoms with E-state index in [0.717, 1.165) is 0 Å². The molecular formula is C28H43BrN4O6. The summed E-state index contributed by atoms with van der Waals surface area (Å²) < 4.78 is 6.30. The Morgan fingerprint density at radius 1 is 1.18 bits per heavy atom. The molecule has 0 aromatic heterocycles. The lowest BCUT2D eigenvalue weighted by molar-refractivity contribution is -0.145. The second kappa shape index (κ2) is 13.6. The zero-order valence-corrected chi connectivity index (χ0v) is 25.8. The molecule has 10 nitrogen and oxygen atoms in total. The Hall–Kier alpha value is -2.66. The number of likely N-dealkylation sites (tertiary alicyclic amines) is 1. The fourth-order valence-corrected chi connectivity index (χ4v) is 4.67. The molecule has 0 spiro atoms. The summed E-state index contributed by atoms with van der Waals surface area (Å²) in [4.78, 5) is 55.5. The molecular weight excluding hydrogens is 568 g/mol. The Labute approximate surface area is 239 Å². The van der Waals surface area contributed by atoms with E-state index < -0.39 is 35.5 Å². The second-order valence-electron chi connectivity index (χ2n) is 11.8. The molecule has 1 saturated heterocycles. The number of benzene rings is 1. The van der Waals surface area contributed by atoms with Crippen molar-refractivity contribution in [1.82, 2.24) is 20.4 Å². The Morgan fingerprint density at radius 2 is 1.82 bits per heavy atom. The lowest BCUT2D eigenvalue weighted by Crippen LogP contribution is -2.54. The van der Waals surface area contributed by atoms with Gasteiger partial charge in [0.05, 0.1) is 11.7 Å². The molecule has 0 radical (unpaired) electrons. The third kappa shape index (κ3) is 9.49. The van der Waals surface area contributed by atoms with Crippen molar-refractivity contribution in [3.63, 3.8) is 0 Å². The number of carbonyl (C=O) groups is 4. The van der Waals surface area contributed by atoms with Crippen LogP contribution in [0.25, 0.3) is 0 Å². The number of hydrogen-bond donors (Lipinski definition) is 3. The van der Waals surface area contributed by atoms with Gasteiger partial charge in [-0.1, -0.05) is 29.8 Å². The summed E-state index contributed by atoms with van der Waals surface area (Å²) in [6.45, 7) is 12.9. The van der Waals surface area contributed by atoms with Gasteiger partial charge in [-0.15, -0.1) is 0 Å². The summed E-state index contributed by atoms with van der Waals surface area (Å²) in [6.07, 6.45) is -0.358. The number of aliphatic hydroxyl groups excluding tert-OH is 1. The van der Waals surface area contributed by atoms with Crippen LogP contribution < -0.4 is 15.4 Å². The number of amides is 4.